The fourth-order valence-electron chi connectivity index (χ4n) is 3.53. The number of carbonyl (C=O) groups excluding carboxylic acids is 1. The molecule has 3 aromatic rings. The largest absolute Gasteiger partial charge is 0.494 e. The molecule has 0 saturated carbocycles. The van der Waals surface area contributed by atoms with Gasteiger partial charge in [0.25, 0.3) is 0 Å². The zero-order valence-electron chi connectivity index (χ0n) is 16.9. The van der Waals surface area contributed by atoms with E-state index >= 15 is 0 Å². The van der Waals surface area contributed by atoms with Crippen molar-refractivity contribution in [3.63, 3.8) is 0 Å². The molecule has 5 heteroatoms. The van der Waals surface area contributed by atoms with Gasteiger partial charge in [-0.25, -0.2) is 5.43 Å². The predicted octanol–water partition coefficient (Wildman–Crippen LogP) is 5.43. The van der Waals surface area contributed by atoms with Crippen molar-refractivity contribution >= 4 is 23.9 Å². The Morgan fingerprint density at radius 3 is 2.27 bits per heavy atom. The smallest absolute Gasteiger partial charge is 0.250 e. The van der Waals surface area contributed by atoms with Crippen LogP contribution >= 0.6 is 11.8 Å². The summed E-state index contributed by atoms with van der Waals surface area (Å²) < 4.78 is 5.57. The summed E-state index contributed by atoms with van der Waals surface area (Å²) in [5.74, 6) is 1.07. The summed E-state index contributed by atoms with van der Waals surface area (Å²) in [6.07, 6.45) is 2.62. The Labute approximate surface area is 181 Å². The number of carbonyl (C=O) groups is 1. The Balaban J connectivity index is 1.33. The molecule has 0 radical (unpaired) electrons. The first-order chi connectivity index (χ1) is 14.8. The number of benzene rings is 3. The number of nitrogens with zero attached hydrogens (tertiary/aromatic N) is 1. The summed E-state index contributed by atoms with van der Waals surface area (Å²) in [5, 5.41) is 4.26. The number of fused-ring (bicyclic) bond motifs is 3. The molecule has 152 valence electrons. The molecule has 3 aromatic carbocycles. The SMILES string of the molecule is CCCOc1ccc(/C=N\NC(=O)CSC2c3ccccc3-c3ccccc32)cc1. The average Bonchev–Trinajstić information content (AvgIpc) is 3.11. The van der Waals surface area contributed by atoms with E-state index in [0.717, 1.165) is 17.7 Å². The van der Waals surface area contributed by atoms with Gasteiger partial charge in [-0.1, -0.05) is 55.5 Å². The van der Waals surface area contributed by atoms with E-state index in [-0.39, 0.29) is 11.2 Å². The lowest BCUT2D eigenvalue weighted by molar-refractivity contribution is -0.118. The normalized spacial score (nSPS) is 12.6. The fraction of sp³-hybridized carbons (Fsp3) is 0.200. The highest BCUT2D eigenvalue weighted by molar-refractivity contribution is 8.00. The van der Waals surface area contributed by atoms with E-state index in [1.54, 1.807) is 18.0 Å². The van der Waals surface area contributed by atoms with Gasteiger partial charge in [-0.15, -0.1) is 11.8 Å². The van der Waals surface area contributed by atoms with Crippen LogP contribution in [0.25, 0.3) is 11.1 Å². The van der Waals surface area contributed by atoms with Gasteiger partial charge in [0, 0.05) is 0 Å². The molecule has 1 aliphatic rings. The van der Waals surface area contributed by atoms with Crippen molar-refractivity contribution in [3.05, 3.63) is 89.5 Å². The van der Waals surface area contributed by atoms with Crippen molar-refractivity contribution in [2.45, 2.75) is 18.6 Å². The first-order valence-corrected chi connectivity index (χ1v) is 11.2. The Hall–Kier alpha value is -3.05. The molecule has 4 nitrogen and oxygen atoms in total. The molecule has 1 N–H and O–H groups in total. The molecule has 30 heavy (non-hydrogen) atoms. The van der Waals surface area contributed by atoms with Crippen LogP contribution in [0.2, 0.25) is 0 Å². The van der Waals surface area contributed by atoms with Crippen LogP contribution in [0, 0.1) is 0 Å². The zero-order valence-corrected chi connectivity index (χ0v) is 17.7. The monoisotopic (exact) mass is 416 g/mol. The van der Waals surface area contributed by atoms with Crippen molar-refractivity contribution in [1.82, 2.24) is 5.43 Å². The lowest BCUT2D eigenvalue weighted by Gasteiger charge is -2.12. The van der Waals surface area contributed by atoms with Gasteiger partial charge in [-0.2, -0.15) is 5.10 Å². The van der Waals surface area contributed by atoms with Crippen molar-refractivity contribution < 1.29 is 9.53 Å². The third-order valence-corrected chi connectivity index (χ3v) is 6.18. The molecule has 1 aliphatic carbocycles. The third-order valence-electron chi connectivity index (χ3n) is 4.91. The van der Waals surface area contributed by atoms with E-state index in [1.807, 2.05) is 24.3 Å². The molecular weight excluding hydrogens is 392 g/mol. The molecule has 0 bridgehead atoms. The van der Waals surface area contributed by atoms with Gasteiger partial charge < -0.3 is 4.74 Å². The lowest BCUT2D eigenvalue weighted by atomic mass is 10.1. The first-order valence-electron chi connectivity index (χ1n) is 10.1. The standard InChI is InChI=1S/C25H24N2O2S/c1-2-15-29-19-13-11-18(12-14-19)16-26-27-24(28)17-30-25-22-9-5-3-7-20(22)21-8-4-6-10-23(21)25/h3-14,16,25H,2,15,17H2,1H3,(H,27,28)/b26-16-. The molecule has 0 saturated heterocycles. The quantitative estimate of drug-likeness (QED) is 0.394. The van der Waals surface area contributed by atoms with E-state index in [9.17, 15) is 4.79 Å². The minimum Gasteiger partial charge on any atom is -0.494 e. The number of hydrogen-bond acceptors (Lipinski definition) is 4. The Kier molecular flexibility index (Phi) is 6.50. The number of nitrogens with one attached hydrogen (secondary N) is 1. The van der Waals surface area contributed by atoms with E-state index in [0.29, 0.717) is 12.4 Å². The van der Waals surface area contributed by atoms with Gasteiger partial charge >= 0.3 is 0 Å². The summed E-state index contributed by atoms with van der Waals surface area (Å²) in [5.41, 5.74) is 8.60. The van der Waals surface area contributed by atoms with Crippen molar-refractivity contribution in [1.29, 1.82) is 0 Å². The van der Waals surface area contributed by atoms with E-state index < -0.39 is 0 Å². The summed E-state index contributed by atoms with van der Waals surface area (Å²) >= 11 is 1.63. The van der Waals surface area contributed by atoms with E-state index in [4.69, 9.17) is 4.74 Å². The third kappa shape index (κ3) is 4.57. The van der Waals surface area contributed by atoms with Crippen LogP contribution in [-0.2, 0) is 4.79 Å². The van der Waals surface area contributed by atoms with Crippen LogP contribution in [0.1, 0.15) is 35.3 Å². The second kappa shape index (κ2) is 9.63. The van der Waals surface area contributed by atoms with E-state index in [1.165, 1.54) is 22.3 Å². The first kappa shape index (κ1) is 20.2. The molecule has 1 amide bonds. The van der Waals surface area contributed by atoms with Gasteiger partial charge in [-0.05, 0) is 58.5 Å². The molecule has 0 aliphatic heterocycles. The Morgan fingerprint density at radius 1 is 1.00 bits per heavy atom. The summed E-state index contributed by atoms with van der Waals surface area (Å²) in [6.45, 7) is 2.78. The van der Waals surface area contributed by atoms with E-state index in [2.05, 4.69) is 66.0 Å². The summed E-state index contributed by atoms with van der Waals surface area (Å²) in [4.78, 5) is 12.3. The Bertz CT molecular complexity index is 1000. The highest BCUT2D eigenvalue weighted by Crippen LogP contribution is 2.49. The fourth-order valence-corrected chi connectivity index (χ4v) is 4.68. The van der Waals surface area contributed by atoms with Crippen molar-refractivity contribution in [3.8, 4) is 16.9 Å². The highest BCUT2D eigenvalue weighted by Gasteiger charge is 2.28. The number of thioether (sulfide) groups is 1. The van der Waals surface area contributed by atoms with Crippen molar-refractivity contribution in [2.24, 2.45) is 5.10 Å². The topological polar surface area (TPSA) is 50.7 Å². The van der Waals surface area contributed by atoms with Gasteiger partial charge in [0.05, 0.1) is 23.8 Å². The summed E-state index contributed by atoms with van der Waals surface area (Å²) in [6, 6.07) is 24.5. The number of amides is 1. The van der Waals surface area contributed by atoms with Crippen LogP contribution in [0.5, 0.6) is 5.75 Å². The maximum atomic E-state index is 12.3. The Morgan fingerprint density at radius 2 is 1.63 bits per heavy atom. The molecule has 0 spiro atoms. The minimum absolute atomic E-state index is 0.110. The van der Waals surface area contributed by atoms with Gasteiger partial charge in [0.1, 0.15) is 5.75 Å². The molecule has 0 fully saturated rings. The number of hydrazone groups is 1. The van der Waals surface area contributed by atoms with Gasteiger partial charge in [0.15, 0.2) is 0 Å². The van der Waals surface area contributed by atoms with Crippen LogP contribution in [0.15, 0.2) is 77.9 Å². The predicted molar refractivity (Wildman–Crippen MR) is 124 cm³/mol. The summed E-state index contributed by atoms with van der Waals surface area (Å²) in [7, 11) is 0. The molecule has 0 unspecified atom stereocenters. The van der Waals surface area contributed by atoms with Gasteiger partial charge in [0.2, 0.25) is 5.91 Å². The molecule has 0 heterocycles. The van der Waals surface area contributed by atoms with Crippen LogP contribution < -0.4 is 10.2 Å². The average molecular weight is 417 g/mol. The maximum absolute atomic E-state index is 12.3. The number of ether oxygens (including phenoxy) is 1. The van der Waals surface area contributed by atoms with Crippen LogP contribution in [0.3, 0.4) is 0 Å². The maximum Gasteiger partial charge on any atom is 0.250 e. The molecule has 0 aromatic heterocycles. The number of hydrogen-bond donors (Lipinski definition) is 1. The lowest BCUT2D eigenvalue weighted by Crippen LogP contribution is -2.20. The molecule has 4 rings (SSSR count). The number of rotatable bonds is 8. The molecule has 0 atom stereocenters. The second-order valence-corrected chi connectivity index (χ2v) is 8.17. The zero-order chi connectivity index (χ0) is 20.8. The second-order valence-electron chi connectivity index (χ2n) is 7.08. The van der Waals surface area contributed by atoms with Gasteiger partial charge in [-0.3, -0.25) is 4.79 Å². The minimum atomic E-state index is -0.110. The van der Waals surface area contributed by atoms with Crippen molar-refractivity contribution in [2.75, 3.05) is 12.4 Å². The molecular formula is C25H24N2O2S. The van der Waals surface area contributed by atoms with Crippen LogP contribution in [0.4, 0.5) is 0 Å². The highest BCUT2D eigenvalue weighted by atomic mass is 32.2. The van der Waals surface area contributed by atoms with Crippen LogP contribution in [-0.4, -0.2) is 24.5 Å².